The van der Waals surface area contributed by atoms with Crippen molar-refractivity contribution in [3.63, 3.8) is 0 Å². The summed E-state index contributed by atoms with van der Waals surface area (Å²) in [6.07, 6.45) is -0.0631. The standard InChI is InChI=1S/C21H27N3O4S/c1-3-15-6-4-5-14(2)21(15)24-20(26)11-22-16-7-9-17(10-8-16)23-18-12-29(27,28)13-19(18)25/h4-10,18-19,22-23,25H,3,11-13H2,1-2H3,(H,24,26). The maximum absolute atomic E-state index is 12.3. The first-order chi connectivity index (χ1) is 13.8. The molecule has 2 aromatic rings. The zero-order valence-corrected chi connectivity index (χ0v) is 17.4. The van der Waals surface area contributed by atoms with Crippen LogP contribution < -0.4 is 16.0 Å². The molecule has 0 radical (unpaired) electrons. The maximum Gasteiger partial charge on any atom is 0.243 e. The number of aliphatic hydroxyl groups excluding tert-OH is 1. The number of carbonyl (C=O) groups is 1. The van der Waals surface area contributed by atoms with Crippen molar-refractivity contribution < 1.29 is 18.3 Å². The highest BCUT2D eigenvalue weighted by Crippen LogP contribution is 2.22. The van der Waals surface area contributed by atoms with Gasteiger partial charge in [-0.2, -0.15) is 0 Å². The lowest BCUT2D eigenvalue weighted by molar-refractivity contribution is -0.114. The van der Waals surface area contributed by atoms with E-state index in [1.54, 1.807) is 24.3 Å². The van der Waals surface area contributed by atoms with Crippen molar-refractivity contribution in [1.82, 2.24) is 0 Å². The van der Waals surface area contributed by atoms with E-state index in [1.165, 1.54) is 0 Å². The van der Waals surface area contributed by atoms with Crippen molar-refractivity contribution in [2.75, 3.05) is 34.0 Å². The summed E-state index contributed by atoms with van der Waals surface area (Å²) in [6.45, 7) is 4.16. The lowest BCUT2D eigenvalue weighted by Crippen LogP contribution is -2.31. The van der Waals surface area contributed by atoms with Crippen molar-refractivity contribution in [3.8, 4) is 0 Å². The van der Waals surface area contributed by atoms with Crippen LogP contribution in [0.3, 0.4) is 0 Å². The molecule has 2 aromatic carbocycles. The molecule has 1 aliphatic heterocycles. The highest BCUT2D eigenvalue weighted by Gasteiger charge is 2.36. The molecule has 0 spiro atoms. The Balaban J connectivity index is 1.53. The van der Waals surface area contributed by atoms with Gasteiger partial charge in [0.05, 0.1) is 30.2 Å². The minimum absolute atomic E-state index is 0.0764. The van der Waals surface area contributed by atoms with E-state index < -0.39 is 22.0 Å². The van der Waals surface area contributed by atoms with Crippen molar-refractivity contribution in [2.24, 2.45) is 0 Å². The number of nitrogens with one attached hydrogen (secondary N) is 3. The van der Waals surface area contributed by atoms with Crippen LogP contribution in [0.25, 0.3) is 0 Å². The third kappa shape index (κ3) is 5.48. The van der Waals surface area contributed by atoms with Gasteiger partial charge in [-0.1, -0.05) is 25.1 Å². The Morgan fingerprint density at radius 1 is 1.10 bits per heavy atom. The van der Waals surface area contributed by atoms with Crippen molar-refractivity contribution in [2.45, 2.75) is 32.4 Å². The quantitative estimate of drug-likeness (QED) is 0.550. The van der Waals surface area contributed by atoms with Crippen molar-refractivity contribution in [3.05, 3.63) is 53.6 Å². The fourth-order valence-electron chi connectivity index (χ4n) is 3.43. The van der Waals surface area contributed by atoms with Gasteiger partial charge in [0.1, 0.15) is 0 Å². The zero-order valence-electron chi connectivity index (χ0n) is 16.6. The summed E-state index contributed by atoms with van der Waals surface area (Å²) in [5.74, 6) is -0.414. The van der Waals surface area contributed by atoms with Crippen LogP contribution in [0.5, 0.6) is 0 Å². The van der Waals surface area contributed by atoms with Crippen molar-refractivity contribution >= 4 is 32.8 Å². The predicted octanol–water partition coefficient (Wildman–Crippen LogP) is 2.18. The van der Waals surface area contributed by atoms with Crippen LogP contribution in [0.4, 0.5) is 17.1 Å². The Bertz CT molecular complexity index is 974. The predicted molar refractivity (Wildman–Crippen MR) is 116 cm³/mol. The van der Waals surface area contributed by atoms with Gasteiger partial charge < -0.3 is 21.1 Å². The molecule has 8 heteroatoms. The van der Waals surface area contributed by atoms with E-state index in [9.17, 15) is 18.3 Å². The molecule has 1 aliphatic rings. The zero-order chi connectivity index (χ0) is 21.0. The molecule has 0 aliphatic carbocycles. The van der Waals surface area contributed by atoms with Crippen LogP contribution >= 0.6 is 0 Å². The smallest absolute Gasteiger partial charge is 0.243 e. The average molecular weight is 418 g/mol. The number of hydrogen-bond donors (Lipinski definition) is 4. The van der Waals surface area contributed by atoms with Gasteiger partial charge in [-0.15, -0.1) is 0 Å². The molecule has 1 amide bonds. The van der Waals surface area contributed by atoms with E-state index in [0.717, 1.165) is 28.9 Å². The number of anilines is 3. The summed E-state index contributed by atoms with van der Waals surface area (Å²) in [5.41, 5.74) is 4.49. The molecule has 156 valence electrons. The van der Waals surface area contributed by atoms with Gasteiger partial charge in [-0.3, -0.25) is 4.79 Å². The molecule has 0 aromatic heterocycles. The summed E-state index contributed by atoms with van der Waals surface area (Å²) < 4.78 is 23.2. The maximum atomic E-state index is 12.3. The average Bonchev–Trinajstić information content (AvgIpc) is 2.94. The van der Waals surface area contributed by atoms with Gasteiger partial charge in [0.25, 0.3) is 0 Å². The van der Waals surface area contributed by atoms with Crippen LogP contribution in [0.1, 0.15) is 18.1 Å². The van der Waals surface area contributed by atoms with E-state index in [1.807, 2.05) is 25.1 Å². The number of benzene rings is 2. The minimum atomic E-state index is -3.19. The van der Waals surface area contributed by atoms with Gasteiger partial charge >= 0.3 is 0 Å². The van der Waals surface area contributed by atoms with E-state index in [2.05, 4.69) is 22.9 Å². The van der Waals surface area contributed by atoms with Crippen molar-refractivity contribution in [1.29, 1.82) is 0 Å². The molecule has 0 bridgehead atoms. The number of aliphatic hydroxyl groups is 1. The minimum Gasteiger partial charge on any atom is -0.390 e. The fourth-order valence-corrected chi connectivity index (χ4v) is 5.17. The number of aryl methyl sites for hydroxylation is 2. The highest BCUT2D eigenvalue weighted by atomic mass is 32.2. The SMILES string of the molecule is CCc1cccc(C)c1NC(=O)CNc1ccc(NC2CS(=O)(=O)CC2O)cc1. The van der Waals surface area contributed by atoms with E-state index in [-0.39, 0.29) is 24.0 Å². The summed E-state index contributed by atoms with van der Waals surface area (Å²) >= 11 is 0. The molecule has 3 rings (SSSR count). The highest BCUT2D eigenvalue weighted by molar-refractivity contribution is 7.91. The number of carbonyl (C=O) groups excluding carboxylic acids is 1. The number of rotatable bonds is 7. The van der Waals surface area contributed by atoms with E-state index in [0.29, 0.717) is 5.69 Å². The Labute approximate surface area is 171 Å². The molecule has 4 N–H and O–H groups in total. The van der Waals surface area contributed by atoms with Gasteiger partial charge in [-0.05, 0) is 48.7 Å². The Hall–Kier alpha value is -2.58. The largest absolute Gasteiger partial charge is 0.390 e. The monoisotopic (exact) mass is 417 g/mol. The van der Waals surface area contributed by atoms with Gasteiger partial charge in [0, 0.05) is 17.1 Å². The van der Waals surface area contributed by atoms with Crippen LogP contribution in [-0.4, -0.2) is 49.6 Å². The molecule has 7 nitrogen and oxygen atoms in total. The Kier molecular flexibility index (Phi) is 6.44. The molecule has 1 heterocycles. The molecule has 2 atom stereocenters. The summed E-state index contributed by atoms with van der Waals surface area (Å²) in [6, 6.07) is 12.6. The van der Waals surface area contributed by atoms with E-state index in [4.69, 9.17) is 0 Å². The van der Waals surface area contributed by atoms with Gasteiger partial charge in [-0.25, -0.2) is 8.42 Å². The molecule has 0 saturated carbocycles. The normalized spacial score (nSPS) is 20.2. The second-order valence-electron chi connectivity index (χ2n) is 7.34. The fraction of sp³-hybridized carbons (Fsp3) is 0.381. The van der Waals surface area contributed by atoms with E-state index >= 15 is 0 Å². The molecule has 29 heavy (non-hydrogen) atoms. The second-order valence-corrected chi connectivity index (χ2v) is 9.49. The molecule has 1 fully saturated rings. The van der Waals surface area contributed by atoms with Crippen LogP contribution in [0.2, 0.25) is 0 Å². The van der Waals surface area contributed by atoms with Crippen LogP contribution in [0.15, 0.2) is 42.5 Å². The molecule has 1 saturated heterocycles. The molecular formula is C21H27N3O4S. The van der Waals surface area contributed by atoms with Crippen LogP contribution in [0, 0.1) is 6.92 Å². The number of sulfone groups is 1. The number of amides is 1. The van der Waals surface area contributed by atoms with Crippen LogP contribution in [-0.2, 0) is 21.1 Å². The molecule has 2 unspecified atom stereocenters. The summed E-state index contributed by atoms with van der Waals surface area (Å²) in [4.78, 5) is 12.3. The first-order valence-corrected chi connectivity index (χ1v) is 11.5. The first-order valence-electron chi connectivity index (χ1n) is 9.64. The lowest BCUT2D eigenvalue weighted by atomic mass is 10.1. The summed E-state index contributed by atoms with van der Waals surface area (Å²) in [5, 5.41) is 19.0. The third-order valence-electron chi connectivity index (χ3n) is 5.02. The molecular weight excluding hydrogens is 390 g/mol. The Morgan fingerprint density at radius 2 is 1.79 bits per heavy atom. The number of para-hydroxylation sites is 1. The Morgan fingerprint density at radius 3 is 2.41 bits per heavy atom. The number of hydrogen-bond acceptors (Lipinski definition) is 6. The van der Waals surface area contributed by atoms with Gasteiger partial charge in [0.15, 0.2) is 9.84 Å². The van der Waals surface area contributed by atoms with Gasteiger partial charge in [0.2, 0.25) is 5.91 Å². The lowest BCUT2D eigenvalue weighted by Gasteiger charge is -2.17. The third-order valence-corrected chi connectivity index (χ3v) is 6.73. The second kappa shape index (κ2) is 8.84. The summed E-state index contributed by atoms with van der Waals surface area (Å²) in [7, 11) is -3.19. The topological polar surface area (TPSA) is 108 Å². The first kappa shape index (κ1) is 21.1.